The van der Waals surface area contributed by atoms with E-state index in [0.29, 0.717) is 25.7 Å². The van der Waals surface area contributed by atoms with Gasteiger partial charge in [-0.05, 0) is 135 Å². The Kier molecular flexibility index (Phi) is 71.2. The van der Waals surface area contributed by atoms with E-state index in [0.717, 1.165) is 180 Å². The molecule has 0 aromatic rings. The Hall–Kier alpha value is -3.50. The molecule has 3 N–H and O–H groups in total. The van der Waals surface area contributed by atoms with Crippen LogP contribution >= 0.6 is 15.6 Å². The van der Waals surface area contributed by atoms with Gasteiger partial charge >= 0.3 is 39.5 Å². The molecule has 0 spiro atoms. The summed E-state index contributed by atoms with van der Waals surface area (Å²) in [6.45, 7) is 4.76. The van der Waals surface area contributed by atoms with E-state index < -0.39 is 97.5 Å². The number of carbonyl (C=O) groups excluding carboxylic acids is 4. The number of phosphoric acid groups is 2. The monoisotopic (exact) mass is 1450 g/mol. The maximum absolute atomic E-state index is 13.1. The summed E-state index contributed by atoms with van der Waals surface area (Å²) >= 11 is 0. The minimum absolute atomic E-state index is 0.0847. The maximum Gasteiger partial charge on any atom is 0.472 e. The number of hydrogen-bond donors (Lipinski definition) is 3. The van der Waals surface area contributed by atoms with Crippen molar-refractivity contribution < 1.29 is 80.2 Å². The SMILES string of the molecule is CC/C=C\C/C=C\C/C=C\CCCCCCCCCC(=O)OCC(COP(=O)(O)OCC(O)COP(=O)(O)OCC(COC(=O)CCCCCCC/C=C\CCCCCCCC)OC(=O)CCCCCCC/C=C\CCCCCCCC)OC(=O)CCCCCCC/C=C\CCCCCC. The molecular formula is C81H146O17P2. The highest BCUT2D eigenvalue weighted by molar-refractivity contribution is 7.47. The van der Waals surface area contributed by atoms with Gasteiger partial charge in [-0.3, -0.25) is 37.3 Å². The number of ether oxygens (including phenoxy) is 4. The van der Waals surface area contributed by atoms with Crippen molar-refractivity contribution in [2.45, 2.75) is 380 Å². The number of rotatable bonds is 76. The van der Waals surface area contributed by atoms with Crippen LogP contribution in [0.4, 0.5) is 0 Å². The number of esters is 4. The van der Waals surface area contributed by atoms with Gasteiger partial charge in [0.1, 0.15) is 19.3 Å². The maximum atomic E-state index is 13.1. The molecular weight excluding hydrogens is 1310 g/mol. The molecule has 0 saturated carbocycles. The summed E-state index contributed by atoms with van der Waals surface area (Å²) in [4.78, 5) is 73.0. The van der Waals surface area contributed by atoms with Crippen LogP contribution in [0.5, 0.6) is 0 Å². The summed E-state index contributed by atoms with van der Waals surface area (Å²) in [7, 11) is -9.95. The topological polar surface area (TPSA) is 237 Å². The van der Waals surface area contributed by atoms with Crippen LogP contribution in [0.3, 0.4) is 0 Å². The molecule has 0 aliphatic heterocycles. The van der Waals surface area contributed by atoms with Crippen LogP contribution in [0.2, 0.25) is 0 Å². The third kappa shape index (κ3) is 72.8. The van der Waals surface area contributed by atoms with Gasteiger partial charge < -0.3 is 33.8 Å². The van der Waals surface area contributed by atoms with E-state index in [2.05, 4.69) is 101 Å². The van der Waals surface area contributed by atoms with Crippen molar-refractivity contribution in [3.63, 3.8) is 0 Å². The van der Waals surface area contributed by atoms with Crippen molar-refractivity contribution in [2.75, 3.05) is 39.6 Å². The molecule has 0 rings (SSSR count). The van der Waals surface area contributed by atoms with E-state index >= 15 is 0 Å². The molecule has 100 heavy (non-hydrogen) atoms. The molecule has 0 fully saturated rings. The molecule has 0 aliphatic rings. The number of aliphatic hydroxyl groups excluding tert-OH is 1. The lowest BCUT2D eigenvalue weighted by molar-refractivity contribution is -0.161. The van der Waals surface area contributed by atoms with Crippen molar-refractivity contribution in [1.29, 1.82) is 0 Å². The summed E-state index contributed by atoms with van der Waals surface area (Å²) in [6, 6.07) is 0. The molecule has 5 atom stereocenters. The van der Waals surface area contributed by atoms with Crippen LogP contribution < -0.4 is 0 Å². The summed E-state index contributed by atoms with van der Waals surface area (Å²) in [5, 5.41) is 10.6. The summed E-state index contributed by atoms with van der Waals surface area (Å²) in [5.74, 6) is -2.19. The molecule has 0 amide bonds. The quantitative estimate of drug-likeness (QED) is 0.0169. The normalized spacial score (nSPS) is 14.3. The highest BCUT2D eigenvalue weighted by Gasteiger charge is 2.30. The average Bonchev–Trinajstić information content (AvgIpc) is 0.965. The third-order valence-electron chi connectivity index (χ3n) is 17.1. The minimum Gasteiger partial charge on any atom is -0.462 e. The Labute approximate surface area is 609 Å². The predicted molar refractivity (Wildman–Crippen MR) is 409 cm³/mol. The number of unbranched alkanes of at least 4 members (excludes halogenated alkanes) is 38. The summed E-state index contributed by atoms with van der Waals surface area (Å²) in [6.07, 6.45) is 74.5. The highest BCUT2D eigenvalue weighted by Crippen LogP contribution is 2.45. The van der Waals surface area contributed by atoms with Gasteiger partial charge in [0, 0.05) is 25.7 Å². The summed E-state index contributed by atoms with van der Waals surface area (Å²) < 4.78 is 68.6. The standard InChI is InChI=1S/C81H146O17P2/c1-5-9-13-17-21-25-29-33-36-37-40-43-46-50-54-58-62-66-79(84)92-71-76(97-80(85)67-63-59-55-51-47-41-32-28-24-20-16-12-8-4)73-95-99(87,88)93-69-75(82)70-94-100(89,90)96-74-77(98-81(86)68-64-60-56-52-48-44-39-35-31-27-23-19-15-11-7-3)72-91-78(83)65-61-57-53-49-45-42-38-34-30-26-22-18-14-10-6-2/h9,13,21,25,28,32-36,38-39,75-77,82H,5-8,10-12,14-20,22-24,26-27,29-31,37,40-74H2,1-4H3,(H,87,88)(H,89,90)/b13-9-,25-21-,32-28-,36-33-,38-34-,39-35-. The third-order valence-corrected chi connectivity index (χ3v) is 19.0. The average molecular weight is 1450 g/mol. The molecule has 0 saturated heterocycles. The Balaban J connectivity index is 5.34. The van der Waals surface area contributed by atoms with Crippen LogP contribution in [0, 0.1) is 0 Å². The van der Waals surface area contributed by atoms with Gasteiger partial charge in [-0.15, -0.1) is 0 Å². The zero-order valence-electron chi connectivity index (χ0n) is 63.6. The van der Waals surface area contributed by atoms with Gasteiger partial charge in [-0.2, -0.15) is 0 Å². The van der Waals surface area contributed by atoms with Crippen LogP contribution in [-0.2, 0) is 65.4 Å². The highest BCUT2D eigenvalue weighted by atomic mass is 31.2. The molecule has 0 aromatic heterocycles. The van der Waals surface area contributed by atoms with Crippen molar-refractivity contribution in [1.82, 2.24) is 0 Å². The molecule has 582 valence electrons. The number of phosphoric ester groups is 2. The van der Waals surface area contributed by atoms with Crippen molar-refractivity contribution in [3.8, 4) is 0 Å². The van der Waals surface area contributed by atoms with Gasteiger partial charge in [0.25, 0.3) is 0 Å². The largest absolute Gasteiger partial charge is 0.472 e. The van der Waals surface area contributed by atoms with Gasteiger partial charge in [-0.1, -0.05) is 274 Å². The van der Waals surface area contributed by atoms with Gasteiger partial charge in [0.05, 0.1) is 26.4 Å². The zero-order valence-corrected chi connectivity index (χ0v) is 65.4. The molecule has 0 aliphatic carbocycles. The van der Waals surface area contributed by atoms with Crippen molar-refractivity contribution in [3.05, 3.63) is 72.9 Å². The zero-order chi connectivity index (χ0) is 73.2. The van der Waals surface area contributed by atoms with Crippen LogP contribution in [0.15, 0.2) is 72.9 Å². The first kappa shape index (κ1) is 96.5. The fourth-order valence-corrected chi connectivity index (χ4v) is 12.6. The molecule has 5 unspecified atom stereocenters. The Morgan fingerprint density at radius 1 is 0.290 bits per heavy atom. The van der Waals surface area contributed by atoms with E-state index in [4.69, 9.17) is 37.0 Å². The van der Waals surface area contributed by atoms with E-state index in [1.807, 2.05) is 0 Å². The van der Waals surface area contributed by atoms with Gasteiger partial charge in [0.2, 0.25) is 0 Å². The van der Waals surface area contributed by atoms with E-state index in [9.17, 15) is 43.2 Å². The first-order valence-electron chi connectivity index (χ1n) is 40.2. The molecule has 0 aromatic carbocycles. The van der Waals surface area contributed by atoms with E-state index in [1.165, 1.54) is 103 Å². The molecule has 19 heteroatoms. The predicted octanol–water partition coefficient (Wildman–Crippen LogP) is 23.2. The molecule has 0 bridgehead atoms. The summed E-state index contributed by atoms with van der Waals surface area (Å²) in [5.41, 5.74) is 0. The van der Waals surface area contributed by atoms with Crippen molar-refractivity contribution in [2.24, 2.45) is 0 Å². The Bertz CT molecular complexity index is 2180. The lowest BCUT2D eigenvalue weighted by Crippen LogP contribution is -2.30. The number of aliphatic hydroxyl groups is 1. The second-order valence-corrected chi connectivity index (χ2v) is 29.9. The molecule has 17 nitrogen and oxygen atoms in total. The number of allylic oxidation sites excluding steroid dienone is 12. The van der Waals surface area contributed by atoms with Crippen LogP contribution in [0.25, 0.3) is 0 Å². The first-order valence-corrected chi connectivity index (χ1v) is 43.2. The number of carbonyl (C=O) groups is 4. The van der Waals surface area contributed by atoms with Gasteiger partial charge in [0.15, 0.2) is 12.2 Å². The lowest BCUT2D eigenvalue weighted by atomic mass is 10.1. The lowest BCUT2D eigenvalue weighted by Gasteiger charge is -2.21. The fraction of sp³-hybridized carbons (Fsp3) is 0.802. The van der Waals surface area contributed by atoms with Crippen LogP contribution in [0.1, 0.15) is 362 Å². The molecule has 0 heterocycles. The number of hydrogen-bond acceptors (Lipinski definition) is 15. The van der Waals surface area contributed by atoms with E-state index in [1.54, 1.807) is 0 Å². The second-order valence-electron chi connectivity index (χ2n) is 27.0. The smallest absolute Gasteiger partial charge is 0.462 e. The van der Waals surface area contributed by atoms with Gasteiger partial charge in [-0.25, -0.2) is 9.13 Å². The van der Waals surface area contributed by atoms with Crippen LogP contribution in [-0.4, -0.2) is 96.7 Å². The van der Waals surface area contributed by atoms with E-state index in [-0.39, 0.29) is 25.7 Å². The fourth-order valence-electron chi connectivity index (χ4n) is 11.0. The Morgan fingerprint density at radius 3 is 0.820 bits per heavy atom. The Morgan fingerprint density at radius 2 is 0.520 bits per heavy atom. The van der Waals surface area contributed by atoms with Crippen molar-refractivity contribution >= 4 is 39.5 Å². The first-order chi connectivity index (χ1) is 48.7. The molecule has 0 radical (unpaired) electrons. The second kappa shape index (κ2) is 73.8. The minimum atomic E-state index is -4.98.